The molecular weight excluding hydrogens is 268 g/mol. The van der Waals surface area contributed by atoms with E-state index in [1.165, 1.54) is 12.0 Å². The summed E-state index contributed by atoms with van der Waals surface area (Å²) in [6, 6.07) is 2.34. The molecule has 0 spiro atoms. The zero-order valence-electron chi connectivity index (χ0n) is 13.1. The fourth-order valence-electron chi connectivity index (χ4n) is 3.31. The highest BCUT2D eigenvalue weighted by Gasteiger charge is 2.32. The van der Waals surface area contributed by atoms with Crippen LogP contribution >= 0.6 is 0 Å². The highest BCUT2D eigenvalue weighted by Crippen LogP contribution is 2.39. The summed E-state index contributed by atoms with van der Waals surface area (Å²) in [6.45, 7) is 5.83. The quantitative estimate of drug-likeness (QED) is 0.865. The highest BCUT2D eigenvalue weighted by molar-refractivity contribution is 5.35. The molecular formula is C15H22N4O2. The Hall–Kier alpha value is -1.82. The summed E-state index contributed by atoms with van der Waals surface area (Å²) in [5.41, 5.74) is 3.17. The molecule has 3 heterocycles. The maximum Gasteiger partial charge on any atom is 0.216 e. The molecule has 1 aliphatic heterocycles. The molecule has 0 aromatic carbocycles. The second-order valence-electron chi connectivity index (χ2n) is 5.70. The molecule has 6 heteroatoms. The van der Waals surface area contributed by atoms with Crippen LogP contribution < -0.4 is 4.74 Å². The number of hydrogen-bond acceptors (Lipinski definition) is 5. The number of ether oxygens (including phenoxy) is 1. The molecule has 2 aromatic heterocycles. The number of hydrogen-bond donors (Lipinski definition) is 0. The number of rotatable bonds is 4. The smallest absolute Gasteiger partial charge is 0.216 e. The van der Waals surface area contributed by atoms with Crippen LogP contribution in [0.1, 0.15) is 41.6 Å². The SMILES string of the molecule is COc1c([C@@H]2CCCN2Cc2cc(C)no2)c(C)nn1C. The van der Waals surface area contributed by atoms with Gasteiger partial charge in [-0.05, 0) is 33.2 Å². The van der Waals surface area contributed by atoms with Crippen molar-refractivity contribution in [3.63, 3.8) is 0 Å². The molecule has 0 aliphatic carbocycles. The Morgan fingerprint density at radius 2 is 2.24 bits per heavy atom. The molecule has 3 rings (SSSR count). The largest absolute Gasteiger partial charge is 0.481 e. The average molecular weight is 290 g/mol. The van der Waals surface area contributed by atoms with Gasteiger partial charge in [0.25, 0.3) is 0 Å². The second-order valence-corrected chi connectivity index (χ2v) is 5.70. The summed E-state index contributed by atoms with van der Waals surface area (Å²) in [4.78, 5) is 2.42. The zero-order chi connectivity index (χ0) is 15.0. The van der Waals surface area contributed by atoms with Crippen molar-refractivity contribution >= 4 is 0 Å². The molecule has 6 nitrogen and oxygen atoms in total. The lowest BCUT2D eigenvalue weighted by molar-refractivity contribution is 0.212. The van der Waals surface area contributed by atoms with Gasteiger partial charge >= 0.3 is 0 Å². The van der Waals surface area contributed by atoms with Gasteiger partial charge in [-0.1, -0.05) is 5.16 Å². The van der Waals surface area contributed by atoms with Crippen molar-refractivity contribution in [2.24, 2.45) is 7.05 Å². The predicted octanol–water partition coefficient (Wildman–Crippen LogP) is 2.37. The van der Waals surface area contributed by atoms with Crippen LogP contribution in [-0.4, -0.2) is 33.5 Å². The highest BCUT2D eigenvalue weighted by atomic mass is 16.5. The number of aromatic nitrogens is 3. The molecule has 1 saturated heterocycles. The summed E-state index contributed by atoms with van der Waals surface area (Å²) in [5.74, 6) is 1.78. The Morgan fingerprint density at radius 1 is 1.43 bits per heavy atom. The number of nitrogens with zero attached hydrogens (tertiary/aromatic N) is 4. The van der Waals surface area contributed by atoms with Crippen LogP contribution in [0.15, 0.2) is 10.6 Å². The van der Waals surface area contributed by atoms with Crippen molar-refractivity contribution in [3.8, 4) is 5.88 Å². The molecule has 0 radical (unpaired) electrons. The van der Waals surface area contributed by atoms with E-state index in [9.17, 15) is 0 Å². The van der Waals surface area contributed by atoms with Gasteiger partial charge in [-0.25, -0.2) is 4.68 Å². The zero-order valence-corrected chi connectivity index (χ0v) is 13.1. The third kappa shape index (κ3) is 2.55. The number of aryl methyl sites for hydroxylation is 3. The first-order valence-electron chi connectivity index (χ1n) is 7.34. The van der Waals surface area contributed by atoms with Crippen molar-refractivity contribution < 1.29 is 9.26 Å². The van der Waals surface area contributed by atoms with Crippen molar-refractivity contribution in [3.05, 3.63) is 28.8 Å². The van der Waals surface area contributed by atoms with Crippen LogP contribution in [0.4, 0.5) is 0 Å². The molecule has 1 aliphatic rings. The van der Waals surface area contributed by atoms with E-state index in [-0.39, 0.29) is 0 Å². The third-order valence-corrected chi connectivity index (χ3v) is 4.14. The van der Waals surface area contributed by atoms with Crippen LogP contribution in [0.3, 0.4) is 0 Å². The Morgan fingerprint density at radius 3 is 2.90 bits per heavy atom. The molecule has 0 bridgehead atoms. The monoisotopic (exact) mass is 290 g/mol. The Kier molecular flexibility index (Phi) is 3.71. The van der Waals surface area contributed by atoms with E-state index in [2.05, 4.69) is 15.2 Å². The van der Waals surface area contributed by atoms with Crippen LogP contribution in [0.5, 0.6) is 5.88 Å². The first-order chi connectivity index (χ1) is 10.1. The fraction of sp³-hybridized carbons (Fsp3) is 0.600. The fourth-order valence-corrected chi connectivity index (χ4v) is 3.31. The van der Waals surface area contributed by atoms with Crippen molar-refractivity contribution in [2.75, 3.05) is 13.7 Å². The van der Waals surface area contributed by atoms with E-state index in [4.69, 9.17) is 9.26 Å². The van der Waals surface area contributed by atoms with Gasteiger partial charge in [-0.3, -0.25) is 4.90 Å². The lowest BCUT2D eigenvalue weighted by Gasteiger charge is -2.23. The van der Waals surface area contributed by atoms with E-state index in [0.29, 0.717) is 6.04 Å². The molecule has 1 fully saturated rings. The van der Waals surface area contributed by atoms with Crippen molar-refractivity contribution in [1.29, 1.82) is 0 Å². The lowest BCUT2D eigenvalue weighted by atomic mass is 10.0. The normalized spacial score (nSPS) is 19.3. The molecule has 0 saturated carbocycles. The third-order valence-electron chi connectivity index (χ3n) is 4.14. The van der Waals surface area contributed by atoms with Gasteiger partial charge in [0.2, 0.25) is 5.88 Å². The van der Waals surface area contributed by atoms with E-state index in [0.717, 1.165) is 42.5 Å². The predicted molar refractivity (Wildman–Crippen MR) is 78.1 cm³/mol. The van der Waals surface area contributed by atoms with Crippen molar-refractivity contribution in [1.82, 2.24) is 19.8 Å². The second kappa shape index (κ2) is 5.52. The van der Waals surface area contributed by atoms with Crippen molar-refractivity contribution in [2.45, 2.75) is 39.3 Å². The minimum atomic E-state index is 0.332. The molecule has 0 amide bonds. The standard InChI is InChI=1S/C15H22N4O2/c1-10-8-12(21-17-10)9-19-7-5-6-13(19)14-11(2)16-18(3)15(14)20-4/h8,13H,5-7,9H2,1-4H3/t13-/m0/s1. The molecule has 0 unspecified atom stereocenters. The molecule has 0 N–H and O–H groups in total. The summed E-state index contributed by atoms with van der Waals surface area (Å²) in [5, 5.41) is 8.47. The van der Waals surface area contributed by atoms with E-state index in [1.54, 1.807) is 7.11 Å². The van der Waals surface area contributed by atoms with Gasteiger partial charge in [0.1, 0.15) is 0 Å². The lowest BCUT2D eigenvalue weighted by Crippen LogP contribution is -2.23. The molecule has 21 heavy (non-hydrogen) atoms. The van der Waals surface area contributed by atoms with Gasteiger partial charge in [-0.2, -0.15) is 5.10 Å². The van der Waals surface area contributed by atoms with Gasteiger partial charge in [0.05, 0.1) is 30.6 Å². The first kappa shape index (κ1) is 14.1. The van der Waals surface area contributed by atoms with E-state index in [1.807, 2.05) is 31.6 Å². The molecule has 2 aromatic rings. The number of methoxy groups -OCH3 is 1. The minimum Gasteiger partial charge on any atom is -0.481 e. The molecule has 1 atom stereocenters. The van der Waals surface area contributed by atoms with Crippen LogP contribution in [0.2, 0.25) is 0 Å². The summed E-state index contributed by atoms with van der Waals surface area (Å²) < 4.78 is 12.7. The van der Waals surface area contributed by atoms with Gasteiger partial charge in [-0.15, -0.1) is 0 Å². The summed E-state index contributed by atoms with van der Waals surface area (Å²) >= 11 is 0. The summed E-state index contributed by atoms with van der Waals surface area (Å²) in [7, 11) is 3.63. The summed E-state index contributed by atoms with van der Waals surface area (Å²) in [6.07, 6.45) is 2.30. The molecule has 114 valence electrons. The minimum absolute atomic E-state index is 0.332. The van der Waals surface area contributed by atoms with Crippen LogP contribution in [-0.2, 0) is 13.6 Å². The number of likely N-dealkylation sites (tertiary alicyclic amines) is 1. The average Bonchev–Trinajstić information content (AvgIpc) is 3.10. The van der Waals surface area contributed by atoms with E-state index >= 15 is 0 Å². The maximum absolute atomic E-state index is 5.55. The Bertz CT molecular complexity index is 632. The van der Waals surface area contributed by atoms with Gasteiger partial charge in [0, 0.05) is 19.2 Å². The van der Waals surface area contributed by atoms with Gasteiger partial charge < -0.3 is 9.26 Å². The van der Waals surface area contributed by atoms with Gasteiger partial charge in [0.15, 0.2) is 5.76 Å². The Balaban J connectivity index is 1.87. The maximum atomic E-state index is 5.55. The van der Waals surface area contributed by atoms with Crippen LogP contribution in [0, 0.1) is 13.8 Å². The topological polar surface area (TPSA) is 56.3 Å². The van der Waals surface area contributed by atoms with E-state index < -0.39 is 0 Å². The first-order valence-corrected chi connectivity index (χ1v) is 7.34. The van der Waals surface area contributed by atoms with Crippen LogP contribution in [0.25, 0.3) is 0 Å². The Labute approximate surface area is 124 Å².